The quantitative estimate of drug-likeness (QED) is 0.0656. The van der Waals surface area contributed by atoms with E-state index in [1.165, 1.54) is 20.4 Å². The van der Waals surface area contributed by atoms with Gasteiger partial charge in [0.1, 0.15) is 17.9 Å². The predicted molar refractivity (Wildman–Crippen MR) is 258 cm³/mol. The number of methoxy groups -OCH3 is 2. The summed E-state index contributed by atoms with van der Waals surface area (Å²) >= 11 is 12.4. The number of carbonyl (C=O) groups is 4. The number of benzene rings is 4. The van der Waals surface area contributed by atoms with Crippen molar-refractivity contribution >= 4 is 47.1 Å². The van der Waals surface area contributed by atoms with Gasteiger partial charge < -0.3 is 37.1 Å². The highest BCUT2D eigenvalue weighted by atomic mass is 35.5. The molecule has 4 aromatic heterocycles. The third-order valence-electron chi connectivity index (χ3n) is 11.2. The zero-order valence-corrected chi connectivity index (χ0v) is 40.6. The van der Waals surface area contributed by atoms with Crippen LogP contribution in [-0.2, 0) is 54.5 Å². The number of aromatic nitrogens is 6. The van der Waals surface area contributed by atoms with Crippen LogP contribution in [0.4, 0.5) is 0 Å². The molecule has 0 N–H and O–H groups in total. The maximum Gasteiger partial charge on any atom is 0.358 e. The van der Waals surface area contributed by atoms with Crippen LogP contribution >= 0.6 is 23.2 Å². The standard InChI is InChI=1S/2C26H24ClN3O5/c1-16-21(12-24(31)34-17(2)20-6-4-5-7-22(20)27)25(35-29-16)19-10-8-18(9-11-19)14-30-15-28-13-23(30)26(32)33-3;1-16-21(12-24(31)34-17(2)20-6-4-5-7-22(20)27)25(35-29-16)19-10-8-18(9-11-19)13-30-14-23(28-15-30)26(32)33-3/h4-11,13,15,17H,12,14H2,1-3H3;4-11,14-15,17H,12-13H2,1-3H3. The van der Waals surface area contributed by atoms with Gasteiger partial charge in [0.25, 0.3) is 0 Å². The summed E-state index contributed by atoms with van der Waals surface area (Å²) in [6.07, 6.45) is 5.31. The van der Waals surface area contributed by atoms with Crippen molar-refractivity contribution in [3.63, 3.8) is 0 Å². The lowest BCUT2D eigenvalue weighted by molar-refractivity contribution is -0.148. The van der Waals surface area contributed by atoms with E-state index in [2.05, 4.69) is 25.0 Å². The van der Waals surface area contributed by atoms with E-state index < -0.39 is 36.1 Å². The second-order valence-electron chi connectivity index (χ2n) is 16.0. The third-order valence-corrected chi connectivity index (χ3v) is 11.9. The van der Waals surface area contributed by atoms with Gasteiger partial charge in [0, 0.05) is 62.7 Å². The zero-order chi connectivity index (χ0) is 49.9. The predicted octanol–water partition coefficient (Wildman–Crippen LogP) is 10.4. The summed E-state index contributed by atoms with van der Waals surface area (Å²) in [5.41, 5.74) is 8.20. The van der Waals surface area contributed by atoms with Crippen LogP contribution in [0.3, 0.4) is 0 Å². The maximum atomic E-state index is 12.7. The van der Waals surface area contributed by atoms with E-state index in [1.54, 1.807) is 67.8 Å². The summed E-state index contributed by atoms with van der Waals surface area (Å²) in [6, 6.07) is 29.8. The van der Waals surface area contributed by atoms with Gasteiger partial charge in [0.15, 0.2) is 17.2 Å². The van der Waals surface area contributed by atoms with Gasteiger partial charge in [0.05, 0.1) is 57.3 Å². The van der Waals surface area contributed by atoms with E-state index in [4.69, 9.17) is 46.5 Å². The van der Waals surface area contributed by atoms with E-state index >= 15 is 0 Å². The van der Waals surface area contributed by atoms with Crippen molar-refractivity contribution < 1.29 is 47.2 Å². The van der Waals surface area contributed by atoms with Gasteiger partial charge in [-0.1, -0.05) is 118 Å². The first-order valence-electron chi connectivity index (χ1n) is 21.9. The molecule has 0 amide bonds. The summed E-state index contributed by atoms with van der Waals surface area (Å²) in [5, 5.41) is 9.20. The third kappa shape index (κ3) is 12.2. The van der Waals surface area contributed by atoms with Gasteiger partial charge >= 0.3 is 23.9 Å². The van der Waals surface area contributed by atoms with Gasteiger partial charge in [0.2, 0.25) is 0 Å². The van der Waals surface area contributed by atoms with Crippen molar-refractivity contribution in [1.29, 1.82) is 0 Å². The molecule has 4 aromatic carbocycles. The molecule has 16 nitrogen and oxygen atoms in total. The fourth-order valence-electron chi connectivity index (χ4n) is 7.46. The highest BCUT2D eigenvalue weighted by Crippen LogP contribution is 2.32. The Balaban J connectivity index is 0.000000206. The largest absolute Gasteiger partial charge is 0.464 e. The minimum absolute atomic E-state index is 0.0126. The molecule has 0 saturated heterocycles. The van der Waals surface area contributed by atoms with Crippen molar-refractivity contribution in [2.75, 3.05) is 14.2 Å². The monoisotopic (exact) mass is 986 g/mol. The molecular weight excluding hydrogens is 940 g/mol. The van der Waals surface area contributed by atoms with E-state index in [-0.39, 0.29) is 18.5 Å². The summed E-state index contributed by atoms with van der Waals surface area (Å²) in [6.45, 7) is 8.12. The molecule has 0 radical (unpaired) electrons. The zero-order valence-electron chi connectivity index (χ0n) is 39.1. The van der Waals surface area contributed by atoms with Crippen molar-refractivity contribution in [2.24, 2.45) is 0 Å². The van der Waals surface area contributed by atoms with E-state index in [1.807, 2.05) is 84.9 Å². The second-order valence-corrected chi connectivity index (χ2v) is 16.8. The molecule has 0 saturated carbocycles. The number of nitrogens with zero attached hydrogens (tertiary/aromatic N) is 6. The van der Waals surface area contributed by atoms with Gasteiger partial charge in [-0.3, -0.25) is 9.59 Å². The molecule has 0 bridgehead atoms. The Bertz CT molecular complexity index is 3100. The summed E-state index contributed by atoms with van der Waals surface area (Å²) in [4.78, 5) is 56.9. The average Bonchev–Trinajstić information content (AvgIpc) is 4.18. The number of imidazole rings is 2. The average molecular weight is 988 g/mol. The number of ether oxygens (including phenoxy) is 4. The Morgan fingerprint density at radius 2 is 1.10 bits per heavy atom. The normalized spacial score (nSPS) is 11.8. The van der Waals surface area contributed by atoms with Crippen LogP contribution in [0.5, 0.6) is 0 Å². The minimum Gasteiger partial charge on any atom is -0.464 e. The Morgan fingerprint density at radius 3 is 1.57 bits per heavy atom. The number of halogens is 2. The molecular formula is C52H48Cl2N6O10. The second kappa shape index (κ2) is 23.0. The SMILES string of the molecule is COC(=O)c1cn(Cc2ccc(-c3onc(C)c3CC(=O)OC(C)c3ccccc3Cl)cc2)cn1.COC(=O)c1cncn1Cc1ccc(-c2onc(C)c2CC(=O)OC(C)c2ccccc2Cl)cc1. The number of hydrogen-bond donors (Lipinski definition) is 0. The first-order chi connectivity index (χ1) is 33.7. The highest BCUT2D eigenvalue weighted by Gasteiger charge is 2.24. The van der Waals surface area contributed by atoms with Crippen LogP contribution in [0.2, 0.25) is 10.0 Å². The van der Waals surface area contributed by atoms with Crippen molar-refractivity contribution in [1.82, 2.24) is 29.4 Å². The Labute approximate surface area is 413 Å². The number of hydrogen-bond acceptors (Lipinski definition) is 14. The van der Waals surface area contributed by atoms with E-state index in [0.29, 0.717) is 62.9 Å². The Morgan fingerprint density at radius 1 is 0.629 bits per heavy atom. The number of rotatable bonds is 16. The first kappa shape index (κ1) is 50.1. The molecule has 4 heterocycles. The lowest BCUT2D eigenvalue weighted by atomic mass is 10.0. The molecule has 8 aromatic rings. The highest BCUT2D eigenvalue weighted by molar-refractivity contribution is 6.31. The molecule has 0 spiro atoms. The van der Waals surface area contributed by atoms with Crippen LogP contribution < -0.4 is 0 Å². The van der Waals surface area contributed by atoms with Crippen molar-refractivity contribution in [3.8, 4) is 22.6 Å². The van der Waals surface area contributed by atoms with E-state index in [9.17, 15) is 19.2 Å². The number of aryl methyl sites for hydroxylation is 2. The van der Waals surface area contributed by atoms with Crippen LogP contribution in [0.1, 0.15) is 91.8 Å². The summed E-state index contributed by atoms with van der Waals surface area (Å²) in [7, 11) is 2.65. The molecule has 8 rings (SSSR count). The fraction of sp³-hybridized carbons (Fsp3) is 0.231. The molecule has 0 aliphatic carbocycles. The summed E-state index contributed by atoms with van der Waals surface area (Å²) in [5.74, 6) is -0.704. The molecule has 0 aliphatic heterocycles. The first-order valence-corrected chi connectivity index (χ1v) is 22.6. The molecule has 70 heavy (non-hydrogen) atoms. The molecule has 0 fully saturated rings. The van der Waals surface area contributed by atoms with Crippen molar-refractivity contribution in [3.05, 3.63) is 188 Å². The smallest absolute Gasteiger partial charge is 0.358 e. The molecule has 0 aliphatic rings. The van der Waals surface area contributed by atoms with Gasteiger partial charge in [-0.05, 0) is 51.0 Å². The van der Waals surface area contributed by atoms with Gasteiger partial charge in [-0.15, -0.1) is 0 Å². The lowest BCUT2D eigenvalue weighted by Crippen LogP contribution is -2.12. The minimum atomic E-state index is -0.489. The fourth-order valence-corrected chi connectivity index (χ4v) is 8.04. The Kier molecular flexibility index (Phi) is 16.4. The Hall–Kier alpha value is -7.82. The topological polar surface area (TPSA) is 193 Å². The van der Waals surface area contributed by atoms with Gasteiger partial charge in [-0.25, -0.2) is 19.6 Å². The van der Waals surface area contributed by atoms with Crippen LogP contribution in [0.15, 0.2) is 131 Å². The molecule has 18 heteroatoms. The summed E-state index contributed by atoms with van der Waals surface area (Å²) < 4.78 is 35.3. The molecule has 2 unspecified atom stereocenters. The molecule has 2 atom stereocenters. The van der Waals surface area contributed by atoms with E-state index in [0.717, 1.165) is 33.4 Å². The number of esters is 4. The lowest BCUT2D eigenvalue weighted by Gasteiger charge is -2.15. The van der Waals surface area contributed by atoms with Gasteiger partial charge in [-0.2, -0.15) is 0 Å². The maximum absolute atomic E-state index is 12.7. The molecule has 360 valence electrons. The number of carbonyl (C=O) groups excluding carboxylic acids is 4. The van der Waals surface area contributed by atoms with Crippen LogP contribution in [0.25, 0.3) is 22.6 Å². The van der Waals surface area contributed by atoms with Crippen molar-refractivity contribution in [2.45, 2.75) is 65.8 Å². The van der Waals surface area contributed by atoms with Crippen LogP contribution in [-0.4, -0.2) is 67.5 Å². The van der Waals surface area contributed by atoms with Crippen LogP contribution in [0, 0.1) is 13.8 Å².